The van der Waals surface area contributed by atoms with Crippen LogP contribution in [0.15, 0.2) is 54.6 Å². The molecule has 0 saturated heterocycles. The summed E-state index contributed by atoms with van der Waals surface area (Å²) in [5, 5.41) is 6.44. The largest absolute Gasteiger partial charge is 0.356 e. The topological polar surface area (TPSA) is 58.2 Å². The number of carbonyl (C=O) groups excluding carboxylic acids is 2. The number of anilines is 1. The van der Waals surface area contributed by atoms with Crippen molar-refractivity contribution in [3.8, 4) is 0 Å². The van der Waals surface area contributed by atoms with Crippen molar-refractivity contribution in [3.05, 3.63) is 65.2 Å². The number of halogens is 1. The fourth-order valence-corrected chi connectivity index (χ4v) is 2.90. The van der Waals surface area contributed by atoms with Crippen molar-refractivity contribution in [2.45, 2.75) is 12.8 Å². The van der Waals surface area contributed by atoms with Gasteiger partial charge in [-0.05, 0) is 42.7 Å². The monoisotopic (exact) mass is 342 g/mol. The van der Waals surface area contributed by atoms with Crippen LogP contribution in [0, 0.1) is 11.8 Å². The molecular formula is C19H19ClN2O2. The van der Waals surface area contributed by atoms with E-state index in [9.17, 15) is 9.59 Å². The van der Waals surface area contributed by atoms with Crippen molar-refractivity contribution < 1.29 is 9.59 Å². The number of hydrogen-bond acceptors (Lipinski definition) is 2. The molecule has 1 aliphatic carbocycles. The number of para-hydroxylation sites is 1. The van der Waals surface area contributed by atoms with Crippen molar-refractivity contribution >= 4 is 29.1 Å². The normalized spacial score (nSPS) is 18.7. The van der Waals surface area contributed by atoms with Gasteiger partial charge in [0.2, 0.25) is 11.8 Å². The van der Waals surface area contributed by atoms with Crippen LogP contribution in [0.25, 0.3) is 0 Å². The van der Waals surface area contributed by atoms with Crippen molar-refractivity contribution in [3.63, 3.8) is 0 Å². The fourth-order valence-electron chi connectivity index (χ4n) is 2.68. The van der Waals surface area contributed by atoms with Gasteiger partial charge in [0.25, 0.3) is 0 Å². The molecule has 0 bridgehead atoms. The second kappa shape index (κ2) is 7.49. The van der Waals surface area contributed by atoms with Gasteiger partial charge in [0.05, 0.1) is 11.8 Å². The van der Waals surface area contributed by atoms with E-state index in [4.69, 9.17) is 11.6 Å². The van der Waals surface area contributed by atoms with Gasteiger partial charge in [-0.2, -0.15) is 0 Å². The molecule has 2 amide bonds. The summed E-state index contributed by atoms with van der Waals surface area (Å²) in [7, 11) is 0. The minimum absolute atomic E-state index is 0.0507. The van der Waals surface area contributed by atoms with E-state index in [1.807, 2.05) is 54.6 Å². The van der Waals surface area contributed by atoms with Gasteiger partial charge in [-0.3, -0.25) is 9.59 Å². The molecule has 124 valence electrons. The van der Waals surface area contributed by atoms with Gasteiger partial charge in [0.15, 0.2) is 0 Å². The SMILES string of the molecule is O=C(NCCc1cccc(Cl)c1)C1CC1C(=O)Nc1ccccc1. The molecule has 1 aliphatic rings. The second-order valence-corrected chi connectivity index (χ2v) is 6.41. The number of hydrogen-bond donors (Lipinski definition) is 2. The maximum absolute atomic E-state index is 12.1. The van der Waals surface area contributed by atoms with E-state index in [1.54, 1.807) is 0 Å². The predicted octanol–water partition coefficient (Wildman–Crippen LogP) is 3.27. The summed E-state index contributed by atoms with van der Waals surface area (Å²) in [5.41, 5.74) is 1.84. The highest BCUT2D eigenvalue weighted by atomic mass is 35.5. The zero-order valence-corrected chi connectivity index (χ0v) is 13.9. The average molecular weight is 343 g/mol. The number of carbonyl (C=O) groups is 2. The molecule has 2 aromatic carbocycles. The Balaban J connectivity index is 1.41. The summed E-state index contributed by atoms with van der Waals surface area (Å²) < 4.78 is 0. The van der Waals surface area contributed by atoms with Crippen molar-refractivity contribution in [1.29, 1.82) is 0 Å². The van der Waals surface area contributed by atoms with Crippen LogP contribution in [0.4, 0.5) is 5.69 Å². The van der Waals surface area contributed by atoms with Gasteiger partial charge in [0.1, 0.15) is 0 Å². The van der Waals surface area contributed by atoms with E-state index < -0.39 is 0 Å². The highest BCUT2D eigenvalue weighted by molar-refractivity contribution is 6.30. The number of rotatable bonds is 6. The first-order chi connectivity index (χ1) is 11.6. The van der Waals surface area contributed by atoms with Crippen LogP contribution in [0.1, 0.15) is 12.0 Å². The first-order valence-corrected chi connectivity index (χ1v) is 8.39. The average Bonchev–Trinajstić information content (AvgIpc) is 3.37. The minimum Gasteiger partial charge on any atom is -0.356 e. The van der Waals surface area contributed by atoms with Gasteiger partial charge < -0.3 is 10.6 Å². The molecule has 24 heavy (non-hydrogen) atoms. The Bertz CT molecular complexity index is 733. The van der Waals surface area contributed by atoms with E-state index in [0.29, 0.717) is 18.0 Å². The minimum atomic E-state index is -0.226. The smallest absolute Gasteiger partial charge is 0.228 e. The van der Waals surface area contributed by atoms with Crippen LogP contribution in [0.2, 0.25) is 5.02 Å². The highest BCUT2D eigenvalue weighted by Gasteiger charge is 2.47. The molecule has 5 heteroatoms. The number of benzene rings is 2. The van der Waals surface area contributed by atoms with Gasteiger partial charge in [-0.15, -0.1) is 0 Å². The fraction of sp³-hybridized carbons (Fsp3) is 0.263. The number of nitrogens with one attached hydrogen (secondary N) is 2. The summed E-state index contributed by atoms with van der Waals surface area (Å²) in [4.78, 5) is 24.2. The zero-order chi connectivity index (χ0) is 16.9. The van der Waals surface area contributed by atoms with E-state index in [2.05, 4.69) is 10.6 Å². The molecule has 2 atom stereocenters. The highest BCUT2D eigenvalue weighted by Crippen LogP contribution is 2.39. The van der Waals surface area contributed by atoms with Gasteiger partial charge in [0, 0.05) is 17.3 Å². The summed E-state index contributed by atoms with van der Waals surface area (Å²) in [6.07, 6.45) is 1.33. The van der Waals surface area contributed by atoms with E-state index in [-0.39, 0.29) is 23.7 Å². The van der Waals surface area contributed by atoms with E-state index in [0.717, 1.165) is 17.7 Å². The Labute approximate surface area is 146 Å². The lowest BCUT2D eigenvalue weighted by Gasteiger charge is -2.06. The lowest BCUT2D eigenvalue weighted by atomic mass is 10.1. The van der Waals surface area contributed by atoms with Gasteiger partial charge in [-0.1, -0.05) is 41.9 Å². The lowest BCUT2D eigenvalue weighted by molar-refractivity contribution is -0.125. The second-order valence-electron chi connectivity index (χ2n) is 5.97. The molecule has 1 saturated carbocycles. The third-order valence-corrected chi connectivity index (χ3v) is 4.34. The standard InChI is InChI=1S/C19H19ClN2O2/c20-14-6-4-5-13(11-14)9-10-21-18(23)16-12-17(16)19(24)22-15-7-2-1-3-8-15/h1-8,11,16-17H,9-10,12H2,(H,21,23)(H,22,24). The van der Waals surface area contributed by atoms with Crippen molar-refractivity contribution in [1.82, 2.24) is 5.32 Å². The van der Waals surface area contributed by atoms with E-state index in [1.165, 1.54) is 0 Å². The molecule has 3 rings (SSSR count). The molecule has 0 spiro atoms. The summed E-state index contributed by atoms with van der Waals surface area (Å²) in [6.45, 7) is 0.544. The van der Waals surface area contributed by atoms with Crippen molar-refractivity contribution in [2.24, 2.45) is 11.8 Å². The van der Waals surface area contributed by atoms with Crippen molar-refractivity contribution in [2.75, 3.05) is 11.9 Å². The zero-order valence-electron chi connectivity index (χ0n) is 13.2. The summed E-state index contributed by atoms with van der Waals surface area (Å²) in [6, 6.07) is 16.9. The Morgan fingerprint density at radius 2 is 1.75 bits per heavy atom. The summed E-state index contributed by atoms with van der Waals surface area (Å²) in [5.74, 6) is -0.578. The molecule has 1 fully saturated rings. The molecule has 2 aromatic rings. The first kappa shape index (κ1) is 16.5. The molecule has 0 radical (unpaired) electrons. The predicted molar refractivity (Wildman–Crippen MR) is 94.8 cm³/mol. The Kier molecular flexibility index (Phi) is 5.16. The molecule has 0 aliphatic heterocycles. The first-order valence-electron chi connectivity index (χ1n) is 8.01. The Hall–Kier alpha value is -2.33. The Morgan fingerprint density at radius 3 is 2.50 bits per heavy atom. The maximum atomic E-state index is 12.1. The quantitative estimate of drug-likeness (QED) is 0.846. The van der Waals surface area contributed by atoms with Gasteiger partial charge in [-0.25, -0.2) is 0 Å². The van der Waals surface area contributed by atoms with Crippen LogP contribution in [-0.4, -0.2) is 18.4 Å². The third-order valence-electron chi connectivity index (χ3n) is 4.11. The van der Waals surface area contributed by atoms with E-state index >= 15 is 0 Å². The molecule has 0 aromatic heterocycles. The maximum Gasteiger partial charge on any atom is 0.228 e. The molecular weight excluding hydrogens is 324 g/mol. The summed E-state index contributed by atoms with van der Waals surface area (Å²) >= 11 is 5.94. The van der Waals surface area contributed by atoms with Crippen LogP contribution in [0.3, 0.4) is 0 Å². The number of amides is 2. The Morgan fingerprint density at radius 1 is 1.00 bits per heavy atom. The molecule has 2 N–H and O–H groups in total. The lowest BCUT2D eigenvalue weighted by Crippen LogP contribution is -2.29. The van der Waals surface area contributed by atoms with Gasteiger partial charge >= 0.3 is 0 Å². The van der Waals surface area contributed by atoms with Crippen LogP contribution < -0.4 is 10.6 Å². The third kappa shape index (κ3) is 4.36. The van der Waals surface area contributed by atoms with Crippen LogP contribution >= 0.6 is 11.6 Å². The molecule has 0 heterocycles. The molecule has 4 nitrogen and oxygen atoms in total. The van der Waals surface area contributed by atoms with Crippen LogP contribution in [0.5, 0.6) is 0 Å². The van der Waals surface area contributed by atoms with Crippen LogP contribution in [-0.2, 0) is 16.0 Å². The molecule has 2 unspecified atom stereocenters.